The first-order chi connectivity index (χ1) is 69.4. The summed E-state index contributed by atoms with van der Waals surface area (Å²) in [6.07, 6.45) is 0. The van der Waals surface area contributed by atoms with Gasteiger partial charge in [-0.2, -0.15) is 0 Å². The van der Waals surface area contributed by atoms with Gasteiger partial charge in [-0.1, -0.05) is 343 Å². The van der Waals surface area contributed by atoms with Gasteiger partial charge in [0.2, 0.25) is 0 Å². The lowest BCUT2D eigenvalue weighted by molar-refractivity contribution is 1.01. The predicted molar refractivity (Wildman–Crippen MR) is 594 cm³/mol. The Kier molecular flexibility index (Phi) is 24.9. The molecule has 0 atom stereocenters. The summed E-state index contributed by atoms with van der Waals surface area (Å²) in [7, 11) is 0. The number of aryl methyl sites for hydroxylation is 6. The van der Waals surface area contributed by atoms with Crippen molar-refractivity contribution < 1.29 is 0 Å². The molecule has 21 aromatic rings. The van der Waals surface area contributed by atoms with Crippen molar-refractivity contribution in [3.8, 4) is 33.4 Å². The van der Waals surface area contributed by atoms with Crippen molar-refractivity contribution in [1.82, 2.24) is 0 Å². The van der Waals surface area contributed by atoms with Crippen molar-refractivity contribution >= 4 is 102 Å². The van der Waals surface area contributed by atoms with E-state index < -0.39 is 0 Å². The van der Waals surface area contributed by atoms with Crippen LogP contribution in [0.5, 0.6) is 0 Å². The summed E-state index contributed by atoms with van der Waals surface area (Å²) in [5.74, 6) is 0.667. The minimum absolute atomic E-state index is 0.180. The molecule has 3 aliphatic carbocycles. The summed E-state index contributed by atoms with van der Waals surface area (Å²) in [4.78, 5) is 13.9. The zero-order chi connectivity index (χ0) is 95.2. The van der Waals surface area contributed by atoms with E-state index in [0.29, 0.717) is 0 Å². The SMILES string of the molecule is Cc1ccc2c(c1)C(c1ccc(N(c3ccc(N(c4ccccc4)c4ccccc4)cc3)c3ccc(N(c4ccccc4)c4ccccc4)cc3)cc1)c1cc(C)ccc1-2.Cc1ccc2c(c1)C(c1ccc(N(c3ccccc3)c3ccc(N(c4ccccc4)c4ccccc4)cc3)cc1)c1cc(C)ccc1-2.Cc1ccc2c(c1)C(c1ccc(N(c3ccccc3)c3ccccc3)cc1)c1cc(C)ccc1-2. The Labute approximate surface area is 829 Å². The monoisotopic (exact) mass is 1810 g/mol. The van der Waals surface area contributed by atoms with Gasteiger partial charge in [0.15, 0.2) is 0 Å². The Morgan fingerprint density at radius 2 is 0.220 bits per heavy atom. The summed E-state index contributed by atoms with van der Waals surface area (Å²) in [5.41, 5.74) is 48.3. The van der Waals surface area contributed by atoms with Crippen LogP contribution in [0.3, 0.4) is 0 Å². The van der Waals surface area contributed by atoms with Gasteiger partial charge in [-0.25, -0.2) is 0 Å². The van der Waals surface area contributed by atoms with Crippen LogP contribution in [-0.4, -0.2) is 0 Å². The Hall–Kier alpha value is -17.6. The summed E-state index contributed by atoms with van der Waals surface area (Å²) < 4.78 is 0. The van der Waals surface area contributed by atoms with Crippen LogP contribution in [0.2, 0.25) is 0 Å². The molecule has 678 valence electrons. The Bertz CT molecular complexity index is 7470. The van der Waals surface area contributed by atoms with Gasteiger partial charge in [0.1, 0.15) is 0 Å². The number of hydrogen-bond donors (Lipinski definition) is 0. The maximum Gasteiger partial charge on any atom is 0.0463 e. The molecule has 0 radical (unpaired) electrons. The third-order valence-electron chi connectivity index (χ3n) is 27.7. The number of para-hydroxylation sites is 9. The lowest BCUT2D eigenvalue weighted by atomic mass is 9.88. The molecular weight excluding hydrogens is 1710 g/mol. The second-order valence-corrected chi connectivity index (χ2v) is 37.2. The first-order valence-corrected chi connectivity index (χ1v) is 48.9. The first-order valence-electron chi connectivity index (χ1n) is 48.9. The number of benzene rings is 21. The fraction of sp³-hybridized carbons (Fsp3) is 0.0667. The molecule has 0 N–H and O–H groups in total. The molecule has 0 bridgehead atoms. The van der Waals surface area contributed by atoms with Gasteiger partial charge in [0.05, 0.1) is 0 Å². The van der Waals surface area contributed by atoms with Crippen LogP contribution < -0.4 is 29.4 Å². The third kappa shape index (κ3) is 18.2. The largest absolute Gasteiger partial charge is 0.311 e. The molecule has 0 saturated carbocycles. The van der Waals surface area contributed by atoms with Crippen molar-refractivity contribution in [2.45, 2.75) is 59.3 Å². The molecular formula is C135H108N6. The highest BCUT2D eigenvalue weighted by Gasteiger charge is 2.35. The summed E-state index contributed by atoms with van der Waals surface area (Å²) in [5, 5.41) is 0. The topological polar surface area (TPSA) is 19.4 Å². The minimum atomic E-state index is 0.180. The fourth-order valence-corrected chi connectivity index (χ4v) is 21.2. The number of rotatable bonds is 21. The molecule has 3 aliphatic rings. The molecule has 141 heavy (non-hydrogen) atoms. The smallest absolute Gasteiger partial charge is 0.0463 e. The lowest BCUT2D eigenvalue weighted by Crippen LogP contribution is -2.13. The molecule has 0 aromatic heterocycles. The van der Waals surface area contributed by atoms with E-state index in [1.807, 2.05) is 0 Å². The lowest BCUT2D eigenvalue weighted by Gasteiger charge is -2.29. The van der Waals surface area contributed by atoms with E-state index in [-0.39, 0.29) is 17.8 Å². The quantitative estimate of drug-likeness (QED) is 0.0709. The van der Waals surface area contributed by atoms with Crippen molar-refractivity contribution in [2.24, 2.45) is 0 Å². The number of anilines is 18. The van der Waals surface area contributed by atoms with E-state index >= 15 is 0 Å². The van der Waals surface area contributed by atoms with E-state index in [2.05, 4.69) is 599 Å². The van der Waals surface area contributed by atoms with Gasteiger partial charge >= 0.3 is 0 Å². The van der Waals surface area contributed by atoms with Gasteiger partial charge in [-0.3, -0.25) is 0 Å². The minimum Gasteiger partial charge on any atom is -0.311 e. The fourth-order valence-electron chi connectivity index (χ4n) is 21.2. The number of fused-ring (bicyclic) bond motifs is 9. The second kappa shape index (κ2) is 39.6. The van der Waals surface area contributed by atoms with Crippen LogP contribution >= 0.6 is 0 Å². The summed E-state index contributed by atoms with van der Waals surface area (Å²) >= 11 is 0. The standard InChI is InChI=1S/C57H45N3.C45H36N2.C33H27N/c1-41-23-37-53-54-38-24-42(2)40-56(54)57(55(53)39-41)43-25-27-48(28-26-43)60(51-33-29-49(30-34-51)58(44-15-7-3-8-16-44)45-17-9-4-10-18-45)52-35-31-50(32-36-52)59(46-19-11-5-12-20-46)47-21-13-6-14-22-47;1-32-18-28-41-42-29-19-33(2)31-44(42)45(43(41)30-32)34-20-22-38(23-21-34)47(37-16-10-5-11-17-37)40-26-24-39(25-27-40)46(35-12-6-3-7-13-35)36-14-8-4-9-15-36;1-23-13-19-29-30-20-14-24(2)22-32(30)33(31(29)21-23)25-15-17-28(18-16-25)34(26-9-5-3-6-10-26)27-11-7-4-8-12-27/h3-40,57H,1-2H3;3-31,45H,1-2H3;3-22,33H,1-2H3. The van der Waals surface area contributed by atoms with E-state index in [0.717, 1.165) is 102 Å². The van der Waals surface area contributed by atoms with E-state index in [1.54, 1.807) is 0 Å². The molecule has 0 heterocycles. The maximum atomic E-state index is 2.38. The summed E-state index contributed by atoms with van der Waals surface area (Å²) in [6.45, 7) is 13.1. The summed E-state index contributed by atoms with van der Waals surface area (Å²) in [6, 6.07) is 191. The van der Waals surface area contributed by atoms with E-state index in [9.17, 15) is 0 Å². The van der Waals surface area contributed by atoms with Crippen molar-refractivity contribution in [1.29, 1.82) is 0 Å². The van der Waals surface area contributed by atoms with Crippen LogP contribution in [0.25, 0.3) is 33.4 Å². The molecule has 0 aliphatic heterocycles. The first kappa shape index (κ1) is 88.7. The molecule has 0 amide bonds. The zero-order valence-corrected chi connectivity index (χ0v) is 80.1. The molecule has 0 saturated heterocycles. The van der Waals surface area contributed by atoms with Gasteiger partial charge < -0.3 is 29.4 Å². The van der Waals surface area contributed by atoms with Gasteiger partial charge in [0.25, 0.3) is 0 Å². The Balaban J connectivity index is 0.000000126. The Morgan fingerprint density at radius 1 is 0.113 bits per heavy atom. The molecule has 21 aromatic carbocycles. The van der Waals surface area contributed by atoms with Crippen LogP contribution in [0.15, 0.2) is 528 Å². The highest BCUT2D eigenvalue weighted by atomic mass is 15.2. The molecule has 24 rings (SSSR count). The van der Waals surface area contributed by atoms with E-state index in [4.69, 9.17) is 0 Å². The zero-order valence-electron chi connectivity index (χ0n) is 80.1. The molecule has 0 spiro atoms. The van der Waals surface area contributed by atoms with Crippen molar-refractivity contribution in [3.63, 3.8) is 0 Å². The average Bonchev–Trinajstić information content (AvgIpc) is 1.58. The van der Waals surface area contributed by atoms with Crippen molar-refractivity contribution in [2.75, 3.05) is 29.4 Å². The second-order valence-electron chi connectivity index (χ2n) is 37.2. The highest BCUT2D eigenvalue weighted by molar-refractivity contribution is 5.90. The third-order valence-corrected chi connectivity index (χ3v) is 27.7. The van der Waals surface area contributed by atoms with Crippen LogP contribution in [0.1, 0.15) is 101 Å². The maximum absolute atomic E-state index is 2.38. The van der Waals surface area contributed by atoms with Crippen LogP contribution in [0.4, 0.5) is 102 Å². The van der Waals surface area contributed by atoms with Gasteiger partial charge in [-0.15, -0.1) is 0 Å². The predicted octanol–water partition coefficient (Wildman–Crippen LogP) is 37.2. The highest BCUT2D eigenvalue weighted by Crippen LogP contribution is 2.55. The molecule has 0 fully saturated rings. The van der Waals surface area contributed by atoms with Gasteiger partial charge in [-0.05, 0) is 343 Å². The van der Waals surface area contributed by atoms with Crippen LogP contribution in [-0.2, 0) is 0 Å². The van der Waals surface area contributed by atoms with Crippen molar-refractivity contribution in [3.05, 3.63) is 611 Å². The normalized spacial score (nSPS) is 12.0. The number of nitrogens with zero attached hydrogens (tertiary/aromatic N) is 6. The molecule has 6 nitrogen and oxygen atoms in total. The van der Waals surface area contributed by atoms with Crippen LogP contribution in [0, 0.1) is 41.5 Å². The molecule has 0 unspecified atom stereocenters. The Morgan fingerprint density at radius 3 is 0.340 bits per heavy atom. The average molecular weight is 1810 g/mol. The molecule has 6 heteroatoms. The van der Waals surface area contributed by atoms with E-state index in [1.165, 1.54) is 117 Å². The van der Waals surface area contributed by atoms with Gasteiger partial charge in [0, 0.05) is 120 Å². The number of hydrogen-bond acceptors (Lipinski definition) is 6.